The number of thiophene rings is 2. The van der Waals surface area contributed by atoms with Crippen LogP contribution in [-0.4, -0.2) is 13.4 Å². The van der Waals surface area contributed by atoms with Crippen molar-refractivity contribution in [1.29, 1.82) is 0 Å². The third kappa shape index (κ3) is 3.89. The first kappa shape index (κ1) is 16.6. The van der Waals surface area contributed by atoms with Crippen molar-refractivity contribution in [3.05, 3.63) is 39.4 Å². The molecule has 0 aliphatic heterocycles. The van der Waals surface area contributed by atoms with Gasteiger partial charge >= 0.3 is 0 Å². The van der Waals surface area contributed by atoms with E-state index in [2.05, 4.69) is 4.72 Å². The smallest absolute Gasteiger partial charge is 0.250 e. The van der Waals surface area contributed by atoms with Crippen molar-refractivity contribution in [2.45, 2.75) is 24.1 Å². The fourth-order valence-corrected chi connectivity index (χ4v) is 5.57. The zero-order chi connectivity index (χ0) is 15.6. The largest absolute Gasteiger partial charge is 0.389 e. The fourth-order valence-electron chi connectivity index (χ4n) is 1.81. The summed E-state index contributed by atoms with van der Waals surface area (Å²) in [6.45, 7) is 3.98. The maximum Gasteiger partial charge on any atom is 0.250 e. The molecule has 4 nitrogen and oxygen atoms in total. The van der Waals surface area contributed by atoms with Crippen molar-refractivity contribution >= 4 is 49.9 Å². The predicted octanol–water partition coefficient (Wildman–Crippen LogP) is 3.12. The SMILES string of the molecule is CC(C)C(NS(=O)(=O)c1ccc(C(N)=S)s1)c1cccs1. The molecule has 2 heterocycles. The first-order valence-electron chi connectivity index (χ1n) is 6.26. The van der Waals surface area contributed by atoms with Crippen LogP contribution in [0, 0.1) is 5.92 Å². The van der Waals surface area contributed by atoms with Crippen LogP contribution in [0.2, 0.25) is 0 Å². The molecule has 3 N–H and O–H groups in total. The molecule has 2 aromatic rings. The molecule has 0 radical (unpaired) electrons. The van der Waals surface area contributed by atoms with Crippen molar-refractivity contribution in [1.82, 2.24) is 4.72 Å². The minimum Gasteiger partial charge on any atom is -0.389 e. The summed E-state index contributed by atoms with van der Waals surface area (Å²) >= 11 is 7.49. The summed E-state index contributed by atoms with van der Waals surface area (Å²) in [6.07, 6.45) is 0. The van der Waals surface area contributed by atoms with Crippen molar-refractivity contribution in [3.8, 4) is 0 Å². The van der Waals surface area contributed by atoms with Gasteiger partial charge in [-0.15, -0.1) is 22.7 Å². The van der Waals surface area contributed by atoms with Gasteiger partial charge < -0.3 is 5.73 Å². The van der Waals surface area contributed by atoms with Gasteiger partial charge in [-0.2, -0.15) is 0 Å². The second-order valence-corrected chi connectivity index (χ2v) is 9.29. The molecular weight excluding hydrogens is 344 g/mol. The highest BCUT2D eigenvalue weighted by molar-refractivity contribution is 7.91. The number of rotatable bonds is 6. The Kier molecular flexibility index (Phi) is 5.15. The van der Waals surface area contributed by atoms with Crippen LogP contribution in [0.4, 0.5) is 0 Å². The van der Waals surface area contributed by atoms with E-state index in [1.807, 2.05) is 31.4 Å². The average Bonchev–Trinajstić information content (AvgIpc) is 3.06. The third-order valence-corrected chi connectivity index (χ3v) is 7.24. The highest BCUT2D eigenvalue weighted by Gasteiger charge is 2.26. The summed E-state index contributed by atoms with van der Waals surface area (Å²) < 4.78 is 28.0. The van der Waals surface area contributed by atoms with Gasteiger partial charge in [0.05, 0.1) is 10.9 Å². The number of hydrogen-bond acceptors (Lipinski definition) is 5. The Bertz CT molecular complexity index is 717. The Morgan fingerprint density at radius 1 is 1.33 bits per heavy atom. The Hall–Kier alpha value is -0.800. The Morgan fingerprint density at radius 3 is 2.52 bits per heavy atom. The molecule has 0 bridgehead atoms. The van der Waals surface area contributed by atoms with Gasteiger partial charge in [-0.05, 0) is 29.5 Å². The number of nitrogens with one attached hydrogen (secondary N) is 1. The minimum absolute atomic E-state index is 0.147. The van der Waals surface area contributed by atoms with E-state index in [0.717, 1.165) is 16.2 Å². The molecule has 2 aromatic heterocycles. The monoisotopic (exact) mass is 360 g/mol. The van der Waals surface area contributed by atoms with E-state index in [0.29, 0.717) is 4.88 Å². The highest BCUT2D eigenvalue weighted by atomic mass is 32.2. The summed E-state index contributed by atoms with van der Waals surface area (Å²) in [5.41, 5.74) is 5.53. The summed E-state index contributed by atoms with van der Waals surface area (Å²) in [4.78, 5) is 1.81. The summed E-state index contributed by atoms with van der Waals surface area (Å²) in [5.74, 6) is 0.147. The molecule has 21 heavy (non-hydrogen) atoms. The first-order chi connectivity index (χ1) is 9.81. The molecule has 0 aliphatic carbocycles. The second-order valence-electron chi connectivity index (χ2n) is 4.84. The zero-order valence-corrected chi connectivity index (χ0v) is 14.8. The maximum atomic E-state index is 12.5. The minimum atomic E-state index is -3.58. The molecule has 8 heteroatoms. The van der Waals surface area contributed by atoms with Gasteiger partial charge in [-0.3, -0.25) is 0 Å². The fraction of sp³-hybridized carbons (Fsp3) is 0.308. The van der Waals surface area contributed by atoms with Gasteiger partial charge in [0.15, 0.2) is 0 Å². The lowest BCUT2D eigenvalue weighted by Crippen LogP contribution is -2.30. The Morgan fingerprint density at radius 2 is 2.05 bits per heavy atom. The second kappa shape index (κ2) is 6.53. The van der Waals surface area contributed by atoms with E-state index in [1.165, 1.54) is 6.07 Å². The average molecular weight is 361 g/mol. The van der Waals surface area contributed by atoms with Gasteiger partial charge in [-0.1, -0.05) is 32.1 Å². The van der Waals surface area contributed by atoms with Crippen LogP contribution in [-0.2, 0) is 10.0 Å². The van der Waals surface area contributed by atoms with Crippen LogP contribution >= 0.6 is 34.9 Å². The summed E-state index contributed by atoms with van der Waals surface area (Å²) in [7, 11) is -3.58. The van der Waals surface area contributed by atoms with Crippen LogP contribution in [0.15, 0.2) is 33.9 Å². The van der Waals surface area contributed by atoms with E-state index < -0.39 is 10.0 Å². The first-order valence-corrected chi connectivity index (χ1v) is 9.85. The summed E-state index contributed by atoms with van der Waals surface area (Å²) in [5, 5.41) is 1.94. The normalized spacial score (nSPS) is 13.5. The maximum absolute atomic E-state index is 12.5. The van der Waals surface area contributed by atoms with Gasteiger partial charge in [0.25, 0.3) is 10.0 Å². The van der Waals surface area contributed by atoms with Crippen molar-refractivity contribution in [2.75, 3.05) is 0 Å². The molecule has 1 atom stereocenters. The standard InChI is InChI=1S/C13H16N2O2S4/c1-8(2)12(9-4-3-7-19-9)15-21(16,17)11-6-5-10(20-11)13(14)18/h3-8,12,15H,1-2H3,(H2,14,18). The van der Waals surface area contributed by atoms with E-state index in [1.54, 1.807) is 17.4 Å². The van der Waals surface area contributed by atoms with Crippen molar-refractivity contribution < 1.29 is 8.42 Å². The van der Waals surface area contributed by atoms with Crippen LogP contribution in [0.25, 0.3) is 0 Å². The quantitative estimate of drug-likeness (QED) is 0.777. The molecule has 0 aliphatic rings. The predicted molar refractivity (Wildman–Crippen MR) is 92.4 cm³/mol. The zero-order valence-electron chi connectivity index (χ0n) is 11.6. The van der Waals surface area contributed by atoms with Crippen molar-refractivity contribution in [3.63, 3.8) is 0 Å². The summed E-state index contributed by atoms with van der Waals surface area (Å²) in [6, 6.07) is 6.78. The lowest BCUT2D eigenvalue weighted by molar-refractivity contribution is 0.469. The van der Waals surface area contributed by atoms with Gasteiger partial charge in [0.1, 0.15) is 9.20 Å². The van der Waals surface area contributed by atoms with Gasteiger partial charge in [0.2, 0.25) is 0 Å². The Balaban J connectivity index is 2.28. The lowest BCUT2D eigenvalue weighted by atomic mass is 10.0. The topological polar surface area (TPSA) is 72.2 Å². The van der Waals surface area contributed by atoms with Crippen LogP contribution < -0.4 is 10.5 Å². The van der Waals surface area contributed by atoms with E-state index in [-0.39, 0.29) is 21.2 Å². The molecule has 0 spiro atoms. The molecule has 0 fully saturated rings. The van der Waals surface area contributed by atoms with E-state index in [4.69, 9.17) is 18.0 Å². The highest BCUT2D eigenvalue weighted by Crippen LogP contribution is 2.29. The van der Waals surface area contributed by atoms with Crippen molar-refractivity contribution in [2.24, 2.45) is 11.7 Å². The molecule has 0 saturated heterocycles. The number of sulfonamides is 1. The molecule has 0 saturated carbocycles. The number of hydrogen-bond donors (Lipinski definition) is 2. The van der Waals surface area contributed by atoms with Gasteiger partial charge in [0, 0.05) is 4.88 Å². The molecule has 0 amide bonds. The molecule has 1 unspecified atom stereocenters. The molecule has 0 aromatic carbocycles. The molecule has 2 rings (SSSR count). The van der Waals surface area contributed by atoms with Crippen LogP contribution in [0.1, 0.15) is 29.6 Å². The van der Waals surface area contributed by atoms with Gasteiger partial charge in [-0.25, -0.2) is 13.1 Å². The Labute approximate surface area is 138 Å². The van der Waals surface area contributed by atoms with Crippen LogP contribution in [0.3, 0.4) is 0 Å². The lowest BCUT2D eigenvalue weighted by Gasteiger charge is -2.20. The van der Waals surface area contributed by atoms with Crippen LogP contribution in [0.5, 0.6) is 0 Å². The van der Waals surface area contributed by atoms with E-state index in [9.17, 15) is 8.42 Å². The number of thiocarbonyl (C=S) groups is 1. The molecule has 114 valence electrons. The molecular formula is C13H16N2O2S4. The third-order valence-electron chi connectivity index (χ3n) is 2.89. The van der Waals surface area contributed by atoms with E-state index >= 15 is 0 Å². The number of nitrogens with two attached hydrogens (primary N) is 1.